The summed E-state index contributed by atoms with van der Waals surface area (Å²) in [4.78, 5) is 17.3. The highest BCUT2D eigenvalue weighted by Gasteiger charge is 2.29. The van der Waals surface area contributed by atoms with Crippen molar-refractivity contribution in [1.29, 1.82) is 0 Å². The summed E-state index contributed by atoms with van der Waals surface area (Å²) >= 11 is 0. The Labute approximate surface area is 88.3 Å². The summed E-state index contributed by atoms with van der Waals surface area (Å²) in [6, 6.07) is 0.279. The summed E-state index contributed by atoms with van der Waals surface area (Å²) in [7, 11) is 0. The number of hydrogen-bond donors (Lipinski definition) is 1. The van der Waals surface area contributed by atoms with Gasteiger partial charge in [-0.05, 0) is 19.8 Å². The molecule has 0 radical (unpaired) electrons. The van der Waals surface area contributed by atoms with E-state index in [1.165, 1.54) is 6.39 Å². The molecule has 2 N–H and O–H groups in total. The van der Waals surface area contributed by atoms with Gasteiger partial charge in [0.15, 0.2) is 12.2 Å². The van der Waals surface area contributed by atoms with Gasteiger partial charge in [-0.3, -0.25) is 4.79 Å². The van der Waals surface area contributed by atoms with Gasteiger partial charge in [0, 0.05) is 18.5 Å². The van der Waals surface area contributed by atoms with E-state index in [-0.39, 0.29) is 17.9 Å². The summed E-state index contributed by atoms with van der Waals surface area (Å²) in [5, 5.41) is 0. The van der Waals surface area contributed by atoms with E-state index in [2.05, 4.69) is 16.8 Å². The lowest BCUT2D eigenvalue weighted by molar-refractivity contribution is -0.122. The summed E-state index contributed by atoms with van der Waals surface area (Å²) in [6.45, 7) is 2.88. The maximum Gasteiger partial charge on any atom is 0.220 e. The van der Waals surface area contributed by atoms with Gasteiger partial charge in [0.1, 0.15) is 6.26 Å². The van der Waals surface area contributed by atoms with Gasteiger partial charge in [-0.15, -0.1) is 0 Å². The molecule has 0 aromatic carbocycles. The molecule has 1 aliphatic rings. The van der Waals surface area contributed by atoms with E-state index >= 15 is 0 Å². The van der Waals surface area contributed by atoms with Gasteiger partial charge < -0.3 is 15.1 Å². The van der Waals surface area contributed by atoms with Crippen molar-refractivity contribution in [1.82, 2.24) is 4.98 Å². The van der Waals surface area contributed by atoms with Crippen LogP contribution in [0.4, 0.5) is 5.82 Å². The quantitative estimate of drug-likeness (QED) is 0.780. The molecule has 1 amide bonds. The molecule has 0 aliphatic carbocycles. The van der Waals surface area contributed by atoms with Gasteiger partial charge in [-0.1, -0.05) is 0 Å². The minimum atomic E-state index is -0.193. The maximum absolute atomic E-state index is 11.1. The summed E-state index contributed by atoms with van der Waals surface area (Å²) in [6.07, 6.45) is 4.64. The molecule has 1 aromatic heterocycles. The van der Waals surface area contributed by atoms with E-state index in [0.717, 1.165) is 25.2 Å². The Hall–Kier alpha value is -1.52. The number of anilines is 1. The number of nitrogens with two attached hydrogens (primary N) is 1. The second kappa shape index (κ2) is 3.92. The zero-order valence-electron chi connectivity index (χ0n) is 8.72. The number of aromatic nitrogens is 1. The lowest BCUT2D eigenvalue weighted by Crippen LogP contribution is -2.44. The predicted octanol–water partition coefficient (Wildman–Crippen LogP) is 0.765. The monoisotopic (exact) mass is 209 g/mol. The fourth-order valence-corrected chi connectivity index (χ4v) is 2.12. The molecule has 82 valence electrons. The highest BCUT2D eigenvalue weighted by molar-refractivity contribution is 5.77. The first-order valence-corrected chi connectivity index (χ1v) is 5.12. The van der Waals surface area contributed by atoms with Crippen molar-refractivity contribution < 1.29 is 9.21 Å². The van der Waals surface area contributed by atoms with Crippen LogP contribution in [0.3, 0.4) is 0 Å². The molecule has 2 unspecified atom stereocenters. The van der Waals surface area contributed by atoms with E-state index in [1.54, 1.807) is 6.26 Å². The van der Waals surface area contributed by atoms with Crippen molar-refractivity contribution in [3.05, 3.63) is 12.7 Å². The Kier molecular flexibility index (Phi) is 2.62. The van der Waals surface area contributed by atoms with Crippen LogP contribution >= 0.6 is 0 Å². The number of amides is 1. The normalized spacial score (nSPS) is 26.6. The average molecular weight is 209 g/mol. The third-order valence-electron chi connectivity index (χ3n) is 2.99. The lowest BCUT2D eigenvalue weighted by atomic mass is 9.91. The zero-order chi connectivity index (χ0) is 10.8. The number of nitrogens with zero attached hydrogens (tertiary/aromatic N) is 2. The minimum absolute atomic E-state index is 0.00292. The molecule has 1 aliphatic heterocycles. The highest BCUT2D eigenvalue weighted by Crippen LogP contribution is 2.26. The molecule has 1 aromatic rings. The molecule has 1 fully saturated rings. The largest absolute Gasteiger partial charge is 0.449 e. The number of hydrogen-bond acceptors (Lipinski definition) is 4. The van der Waals surface area contributed by atoms with Crippen molar-refractivity contribution in [2.75, 3.05) is 11.4 Å². The van der Waals surface area contributed by atoms with Crippen LogP contribution in [0.5, 0.6) is 0 Å². The molecule has 15 heavy (non-hydrogen) atoms. The van der Waals surface area contributed by atoms with Crippen LogP contribution in [0.25, 0.3) is 0 Å². The Balaban J connectivity index is 2.04. The smallest absolute Gasteiger partial charge is 0.220 e. The predicted molar refractivity (Wildman–Crippen MR) is 55.2 cm³/mol. The Morgan fingerprint density at radius 2 is 2.53 bits per heavy atom. The van der Waals surface area contributed by atoms with Crippen LogP contribution in [0.15, 0.2) is 17.1 Å². The van der Waals surface area contributed by atoms with Crippen molar-refractivity contribution in [3.8, 4) is 0 Å². The fourth-order valence-electron chi connectivity index (χ4n) is 2.12. The van der Waals surface area contributed by atoms with Crippen LogP contribution in [0, 0.1) is 5.92 Å². The molecule has 0 saturated carbocycles. The van der Waals surface area contributed by atoms with Gasteiger partial charge in [0.25, 0.3) is 0 Å². The molecule has 2 atom stereocenters. The van der Waals surface area contributed by atoms with Crippen LogP contribution in [-0.4, -0.2) is 23.5 Å². The molecular weight excluding hydrogens is 194 g/mol. The van der Waals surface area contributed by atoms with Crippen molar-refractivity contribution in [2.24, 2.45) is 11.7 Å². The first-order valence-electron chi connectivity index (χ1n) is 5.12. The van der Waals surface area contributed by atoms with Gasteiger partial charge in [-0.25, -0.2) is 0 Å². The Bertz CT molecular complexity index is 336. The molecule has 1 saturated heterocycles. The van der Waals surface area contributed by atoms with Gasteiger partial charge in [0.2, 0.25) is 5.91 Å². The summed E-state index contributed by atoms with van der Waals surface area (Å²) in [5.74, 6) is 0.648. The highest BCUT2D eigenvalue weighted by atomic mass is 16.3. The number of carbonyl (C=O) groups excluding carboxylic acids is 1. The van der Waals surface area contributed by atoms with Crippen LogP contribution in [-0.2, 0) is 4.79 Å². The van der Waals surface area contributed by atoms with Crippen molar-refractivity contribution in [3.63, 3.8) is 0 Å². The van der Waals surface area contributed by atoms with Gasteiger partial charge >= 0.3 is 0 Å². The standard InChI is InChI=1S/C10H15N3O2/c1-7-4-8(10(11)14)2-3-13(7)9-5-15-6-12-9/h5-8H,2-4H2,1H3,(H2,11,14). The summed E-state index contributed by atoms with van der Waals surface area (Å²) < 4.78 is 4.95. The van der Waals surface area contributed by atoms with E-state index in [0.29, 0.717) is 0 Å². The van der Waals surface area contributed by atoms with Crippen LogP contribution in [0.2, 0.25) is 0 Å². The number of primary amides is 1. The Morgan fingerprint density at radius 1 is 1.73 bits per heavy atom. The second-order valence-electron chi connectivity index (χ2n) is 4.01. The number of rotatable bonds is 2. The van der Waals surface area contributed by atoms with E-state index in [4.69, 9.17) is 10.2 Å². The average Bonchev–Trinajstić information content (AvgIpc) is 2.70. The topological polar surface area (TPSA) is 72.4 Å². The van der Waals surface area contributed by atoms with E-state index in [1.807, 2.05) is 0 Å². The molecule has 5 nitrogen and oxygen atoms in total. The third kappa shape index (κ3) is 1.95. The molecule has 0 spiro atoms. The number of piperidine rings is 1. The Morgan fingerprint density at radius 3 is 3.07 bits per heavy atom. The molecule has 2 rings (SSSR count). The van der Waals surface area contributed by atoms with Crippen molar-refractivity contribution in [2.45, 2.75) is 25.8 Å². The summed E-state index contributed by atoms with van der Waals surface area (Å²) in [5.41, 5.74) is 5.30. The van der Waals surface area contributed by atoms with Gasteiger partial charge in [0.05, 0.1) is 0 Å². The zero-order valence-corrected chi connectivity index (χ0v) is 8.72. The van der Waals surface area contributed by atoms with Crippen molar-refractivity contribution >= 4 is 11.7 Å². The van der Waals surface area contributed by atoms with Gasteiger partial charge in [-0.2, -0.15) is 4.98 Å². The number of oxazole rings is 1. The van der Waals surface area contributed by atoms with E-state index < -0.39 is 0 Å². The van der Waals surface area contributed by atoms with E-state index in [9.17, 15) is 4.79 Å². The maximum atomic E-state index is 11.1. The second-order valence-corrected chi connectivity index (χ2v) is 4.01. The first kappa shape index (κ1) is 10.0. The third-order valence-corrected chi connectivity index (χ3v) is 2.99. The minimum Gasteiger partial charge on any atom is -0.449 e. The van der Waals surface area contributed by atoms with Crippen LogP contribution in [0.1, 0.15) is 19.8 Å². The van der Waals surface area contributed by atoms with Crippen LogP contribution < -0.4 is 10.6 Å². The molecule has 2 heterocycles. The lowest BCUT2D eigenvalue weighted by Gasteiger charge is -2.36. The molecular formula is C10H15N3O2. The molecule has 0 bridgehead atoms. The fraction of sp³-hybridized carbons (Fsp3) is 0.600. The molecule has 5 heteroatoms. The first-order chi connectivity index (χ1) is 7.18. The number of carbonyl (C=O) groups is 1. The SMILES string of the molecule is CC1CC(C(N)=O)CCN1c1cocn1.